The monoisotopic (exact) mass is 261 g/mol. The van der Waals surface area contributed by atoms with E-state index in [0.717, 1.165) is 19.5 Å². The van der Waals surface area contributed by atoms with Gasteiger partial charge < -0.3 is 5.32 Å². The first kappa shape index (κ1) is 15.0. The molecule has 0 aromatic heterocycles. The third-order valence-electron chi connectivity index (χ3n) is 3.72. The van der Waals surface area contributed by atoms with Crippen molar-refractivity contribution in [2.75, 3.05) is 25.1 Å². The number of rotatable bonds is 7. The maximum absolute atomic E-state index is 11.3. The number of hydrogen-bond donors (Lipinski definition) is 1. The third kappa shape index (κ3) is 5.87. The number of sulfone groups is 1. The molecule has 0 bridgehead atoms. The Labute approximate surface area is 106 Å². The molecule has 1 aliphatic carbocycles. The molecule has 1 aliphatic rings. The van der Waals surface area contributed by atoms with Gasteiger partial charge in [0.1, 0.15) is 9.84 Å². The van der Waals surface area contributed by atoms with Gasteiger partial charge in [0.25, 0.3) is 0 Å². The van der Waals surface area contributed by atoms with Crippen molar-refractivity contribution in [2.24, 2.45) is 11.3 Å². The molecule has 102 valence electrons. The van der Waals surface area contributed by atoms with Crippen LogP contribution in [0.4, 0.5) is 0 Å². The van der Waals surface area contributed by atoms with Crippen LogP contribution in [-0.4, -0.2) is 33.5 Å². The van der Waals surface area contributed by atoms with E-state index in [4.69, 9.17) is 0 Å². The maximum atomic E-state index is 11.3. The lowest BCUT2D eigenvalue weighted by Gasteiger charge is -2.29. The average Bonchev–Trinajstić information content (AvgIpc) is 2.63. The first-order chi connectivity index (χ1) is 7.83. The van der Waals surface area contributed by atoms with Gasteiger partial charge in [-0.2, -0.15) is 0 Å². The molecule has 0 saturated heterocycles. The van der Waals surface area contributed by atoms with Gasteiger partial charge in [0.05, 0.1) is 5.75 Å². The van der Waals surface area contributed by atoms with E-state index in [1.807, 2.05) is 0 Å². The van der Waals surface area contributed by atoms with Crippen molar-refractivity contribution in [3.05, 3.63) is 0 Å². The molecule has 4 heteroatoms. The zero-order valence-electron chi connectivity index (χ0n) is 11.5. The van der Waals surface area contributed by atoms with Crippen molar-refractivity contribution in [1.29, 1.82) is 0 Å². The van der Waals surface area contributed by atoms with E-state index in [2.05, 4.69) is 19.2 Å². The van der Waals surface area contributed by atoms with Gasteiger partial charge in [0.2, 0.25) is 0 Å². The van der Waals surface area contributed by atoms with Gasteiger partial charge in [-0.1, -0.05) is 26.7 Å². The van der Waals surface area contributed by atoms with Gasteiger partial charge in [-0.3, -0.25) is 0 Å². The largest absolute Gasteiger partial charge is 0.316 e. The van der Waals surface area contributed by atoms with Crippen molar-refractivity contribution in [1.82, 2.24) is 5.32 Å². The molecule has 0 aromatic carbocycles. The molecule has 0 spiro atoms. The summed E-state index contributed by atoms with van der Waals surface area (Å²) >= 11 is 0. The summed E-state index contributed by atoms with van der Waals surface area (Å²) in [7, 11) is -2.82. The van der Waals surface area contributed by atoms with Crippen LogP contribution >= 0.6 is 0 Å². The predicted molar refractivity (Wildman–Crippen MR) is 72.9 cm³/mol. The fourth-order valence-electron chi connectivity index (χ4n) is 2.67. The Morgan fingerprint density at radius 3 is 2.29 bits per heavy atom. The van der Waals surface area contributed by atoms with Crippen molar-refractivity contribution >= 4 is 9.84 Å². The Bertz CT molecular complexity index is 316. The minimum absolute atomic E-state index is 0.248. The summed E-state index contributed by atoms with van der Waals surface area (Å²) in [6.45, 7) is 6.41. The van der Waals surface area contributed by atoms with Gasteiger partial charge in [0.15, 0.2) is 0 Å². The van der Waals surface area contributed by atoms with Gasteiger partial charge >= 0.3 is 0 Å². The highest BCUT2D eigenvalue weighted by molar-refractivity contribution is 7.90. The molecule has 0 atom stereocenters. The molecule has 0 aromatic rings. The summed E-state index contributed by atoms with van der Waals surface area (Å²) < 4.78 is 22.6. The number of nitrogens with one attached hydrogen (secondary N) is 1. The highest BCUT2D eigenvalue weighted by Crippen LogP contribution is 2.40. The van der Waals surface area contributed by atoms with E-state index in [1.165, 1.54) is 31.9 Å². The first-order valence-electron chi connectivity index (χ1n) is 6.71. The van der Waals surface area contributed by atoms with Crippen molar-refractivity contribution in [3.63, 3.8) is 0 Å². The van der Waals surface area contributed by atoms with Gasteiger partial charge in [0, 0.05) is 12.8 Å². The minimum Gasteiger partial charge on any atom is -0.316 e. The average molecular weight is 261 g/mol. The van der Waals surface area contributed by atoms with Gasteiger partial charge in [-0.15, -0.1) is 0 Å². The molecule has 1 N–H and O–H groups in total. The second kappa shape index (κ2) is 6.19. The molecular formula is C13H27NO2S. The van der Waals surface area contributed by atoms with Crippen LogP contribution in [0.25, 0.3) is 0 Å². The summed E-state index contributed by atoms with van der Waals surface area (Å²) in [6, 6.07) is 0. The van der Waals surface area contributed by atoms with Crippen molar-refractivity contribution in [2.45, 2.75) is 46.0 Å². The highest BCUT2D eigenvalue weighted by Gasteiger charge is 2.33. The Hall–Kier alpha value is -0.0900. The van der Waals surface area contributed by atoms with Crippen LogP contribution in [-0.2, 0) is 9.84 Å². The van der Waals surface area contributed by atoms with E-state index < -0.39 is 9.84 Å². The van der Waals surface area contributed by atoms with E-state index in [0.29, 0.717) is 11.7 Å². The molecule has 3 nitrogen and oxygen atoms in total. The standard InChI is InChI=1S/C13H27NO2S/c1-12(2)10-14-11-13(6-4-5-7-13)8-9-17(3,15)16/h12,14H,4-11H2,1-3H3. The Morgan fingerprint density at radius 1 is 1.24 bits per heavy atom. The van der Waals surface area contributed by atoms with E-state index in [-0.39, 0.29) is 5.41 Å². The molecule has 17 heavy (non-hydrogen) atoms. The van der Waals surface area contributed by atoms with Crippen LogP contribution in [0, 0.1) is 11.3 Å². The third-order valence-corrected chi connectivity index (χ3v) is 4.67. The first-order valence-corrected chi connectivity index (χ1v) is 8.78. The Balaban J connectivity index is 2.45. The van der Waals surface area contributed by atoms with E-state index in [1.54, 1.807) is 0 Å². The van der Waals surface area contributed by atoms with Crippen molar-refractivity contribution < 1.29 is 8.42 Å². The van der Waals surface area contributed by atoms with Crippen LogP contribution in [0.3, 0.4) is 0 Å². The fraction of sp³-hybridized carbons (Fsp3) is 1.00. The molecule has 1 fully saturated rings. The molecule has 1 rings (SSSR count). The van der Waals surface area contributed by atoms with Crippen LogP contribution in [0.1, 0.15) is 46.0 Å². The highest BCUT2D eigenvalue weighted by atomic mass is 32.2. The lowest BCUT2D eigenvalue weighted by molar-refractivity contribution is 0.265. The quantitative estimate of drug-likeness (QED) is 0.764. The Kier molecular flexibility index (Phi) is 5.45. The zero-order chi connectivity index (χ0) is 12.9. The summed E-state index contributed by atoms with van der Waals surface area (Å²) in [6.07, 6.45) is 7.07. The van der Waals surface area contributed by atoms with Crippen LogP contribution in [0.2, 0.25) is 0 Å². The second-order valence-electron chi connectivity index (χ2n) is 6.11. The molecule has 1 saturated carbocycles. The minimum atomic E-state index is -2.82. The normalized spacial score (nSPS) is 20.0. The van der Waals surface area contributed by atoms with Gasteiger partial charge in [-0.05, 0) is 37.1 Å². The van der Waals surface area contributed by atoms with Crippen LogP contribution in [0.15, 0.2) is 0 Å². The predicted octanol–water partition coefficient (Wildman–Crippen LogP) is 2.23. The molecule has 0 unspecified atom stereocenters. The summed E-state index contributed by atoms with van der Waals surface area (Å²) in [5, 5.41) is 3.51. The maximum Gasteiger partial charge on any atom is 0.147 e. The summed E-state index contributed by atoms with van der Waals surface area (Å²) in [5.74, 6) is 0.999. The Morgan fingerprint density at radius 2 is 1.82 bits per heavy atom. The van der Waals surface area contributed by atoms with Gasteiger partial charge in [-0.25, -0.2) is 8.42 Å². The van der Waals surface area contributed by atoms with Crippen LogP contribution in [0.5, 0.6) is 0 Å². The molecule has 0 radical (unpaired) electrons. The molecule has 0 aliphatic heterocycles. The van der Waals surface area contributed by atoms with Crippen molar-refractivity contribution in [3.8, 4) is 0 Å². The van der Waals surface area contributed by atoms with Crippen LogP contribution < -0.4 is 5.32 Å². The molecule has 0 heterocycles. The SMILES string of the molecule is CC(C)CNCC1(CCS(C)(=O)=O)CCCC1. The lowest BCUT2D eigenvalue weighted by Crippen LogP contribution is -2.35. The second-order valence-corrected chi connectivity index (χ2v) is 8.37. The van der Waals surface area contributed by atoms with E-state index >= 15 is 0 Å². The summed E-state index contributed by atoms with van der Waals surface area (Å²) in [4.78, 5) is 0. The lowest BCUT2D eigenvalue weighted by atomic mass is 9.83. The summed E-state index contributed by atoms with van der Waals surface area (Å²) in [5.41, 5.74) is 0.248. The number of hydrogen-bond acceptors (Lipinski definition) is 3. The van der Waals surface area contributed by atoms with E-state index in [9.17, 15) is 8.42 Å². The zero-order valence-corrected chi connectivity index (χ0v) is 12.3. The molecular weight excluding hydrogens is 234 g/mol. The fourth-order valence-corrected chi connectivity index (χ4v) is 3.47. The molecule has 0 amide bonds. The smallest absolute Gasteiger partial charge is 0.147 e. The topological polar surface area (TPSA) is 46.2 Å².